The number of nitrogens with one attached hydrogen (secondary N) is 1. The number of carbonyl (C=O) groups excluding carboxylic acids is 2. The summed E-state index contributed by atoms with van der Waals surface area (Å²) < 4.78 is 1.67. The maximum atomic E-state index is 13.1. The van der Waals surface area contributed by atoms with Gasteiger partial charge < -0.3 is 10.2 Å². The van der Waals surface area contributed by atoms with E-state index >= 15 is 0 Å². The Morgan fingerprint density at radius 1 is 1.00 bits per heavy atom. The van der Waals surface area contributed by atoms with E-state index in [0.29, 0.717) is 33.4 Å². The van der Waals surface area contributed by atoms with Crippen molar-refractivity contribution < 1.29 is 9.59 Å². The van der Waals surface area contributed by atoms with E-state index < -0.39 is 0 Å². The van der Waals surface area contributed by atoms with Gasteiger partial charge in [-0.15, -0.1) is 16.9 Å². The number of halogens is 1. The molecule has 34 heavy (non-hydrogen) atoms. The molecule has 0 fully saturated rings. The lowest BCUT2D eigenvalue weighted by Crippen LogP contribution is -2.22. The molecule has 0 aliphatic heterocycles. The molecule has 0 saturated heterocycles. The third-order valence-electron chi connectivity index (χ3n) is 4.88. The number of hydrogen-bond acceptors (Lipinski definition) is 6. The molecule has 3 aromatic carbocycles. The Morgan fingerprint density at radius 2 is 1.74 bits per heavy atom. The molecule has 0 atom stereocenters. The molecule has 1 N–H and O–H groups in total. The Hall–Kier alpha value is -3.69. The lowest BCUT2D eigenvalue weighted by atomic mass is 10.1. The zero-order valence-corrected chi connectivity index (χ0v) is 20.0. The lowest BCUT2D eigenvalue weighted by Gasteiger charge is -2.14. The second-order valence-electron chi connectivity index (χ2n) is 7.48. The van der Waals surface area contributed by atoms with Crippen molar-refractivity contribution in [1.82, 2.24) is 25.1 Å². The summed E-state index contributed by atoms with van der Waals surface area (Å²) in [7, 11) is 3.29. The van der Waals surface area contributed by atoms with Gasteiger partial charge >= 0.3 is 0 Å². The minimum absolute atomic E-state index is 0.242. The number of anilines is 1. The predicted molar refractivity (Wildman–Crippen MR) is 133 cm³/mol. The first-order chi connectivity index (χ1) is 16.4. The number of thioether (sulfide) groups is 1. The summed E-state index contributed by atoms with van der Waals surface area (Å²) in [4.78, 5) is 27.7. The molecule has 4 rings (SSSR count). The van der Waals surface area contributed by atoms with Gasteiger partial charge in [0.2, 0.25) is 0 Å². The number of rotatable bonds is 7. The molecule has 0 bridgehead atoms. The van der Waals surface area contributed by atoms with Gasteiger partial charge in [0.05, 0.1) is 27.6 Å². The maximum Gasteiger partial charge on any atom is 0.256 e. The molecule has 1 aromatic heterocycles. The summed E-state index contributed by atoms with van der Waals surface area (Å²) in [5.74, 6) is 0.592. The van der Waals surface area contributed by atoms with Gasteiger partial charge in [-0.1, -0.05) is 41.9 Å². The van der Waals surface area contributed by atoms with E-state index in [2.05, 4.69) is 20.8 Å². The van der Waals surface area contributed by atoms with Crippen LogP contribution in [0.1, 0.15) is 26.5 Å². The Labute approximate surface area is 205 Å². The van der Waals surface area contributed by atoms with Gasteiger partial charge in [-0.2, -0.15) is 4.68 Å². The number of hydrogen-bond donors (Lipinski definition) is 1. The van der Waals surface area contributed by atoms with Crippen LogP contribution in [0, 0.1) is 0 Å². The molecule has 8 nitrogen and oxygen atoms in total. The van der Waals surface area contributed by atoms with Crippen molar-refractivity contribution in [3.05, 3.63) is 94.8 Å². The van der Waals surface area contributed by atoms with Crippen LogP contribution in [0.2, 0.25) is 5.02 Å². The van der Waals surface area contributed by atoms with Gasteiger partial charge in [0.25, 0.3) is 11.8 Å². The van der Waals surface area contributed by atoms with Crippen molar-refractivity contribution in [2.75, 3.05) is 19.4 Å². The summed E-state index contributed by atoms with van der Waals surface area (Å²) in [6, 6.07) is 21.7. The number of tetrazole rings is 1. The third-order valence-corrected chi connectivity index (χ3v) is 6.28. The number of amides is 2. The first kappa shape index (κ1) is 23.5. The Balaban J connectivity index is 1.52. The Kier molecular flexibility index (Phi) is 7.24. The van der Waals surface area contributed by atoms with Crippen molar-refractivity contribution in [3.8, 4) is 5.69 Å². The molecule has 2 amide bonds. The molecular weight excluding hydrogens is 472 g/mol. The number of benzene rings is 3. The molecule has 0 saturated carbocycles. The van der Waals surface area contributed by atoms with Crippen LogP contribution in [0.5, 0.6) is 0 Å². The van der Waals surface area contributed by atoms with Gasteiger partial charge in [0.1, 0.15) is 0 Å². The van der Waals surface area contributed by atoms with E-state index in [4.69, 9.17) is 11.6 Å². The van der Waals surface area contributed by atoms with Gasteiger partial charge in [0.15, 0.2) is 5.82 Å². The Morgan fingerprint density at radius 3 is 2.50 bits per heavy atom. The van der Waals surface area contributed by atoms with Crippen LogP contribution in [0.4, 0.5) is 5.69 Å². The lowest BCUT2D eigenvalue weighted by molar-refractivity contribution is 0.0827. The van der Waals surface area contributed by atoms with E-state index in [1.807, 2.05) is 42.5 Å². The molecular formula is C24H21ClN6O2S. The van der Waals surface area contributed by atoms with Crippen LogP contribution >= 0.6 is 23.4 Å². The van der Waals surface area contributed by atoms with E-state index in [-0.39, 0.29) is 11.8 Å². The largest absolute Gasteiger partial charge is 0.345 e. The highest BCUT2D eigenvalue weighted by molar-refractivity contribution is 7.98. The zero-order valence-electron chi connectivity index (χ0n) is 18.5. The van der Waals surface area contributed by atoms with E-state index in [9.17, 15) is 9.59 Å². The third kappa shape index (κ3) is 5.27. The van der Waals surface area contributed by atoms with Crippen LogP contribution in [-0.4, -0.2) is 51.0 Å². The second-order valence-corrected chi connectivity index (χ2v) is 8.90. The van der Waals surface area contributed by atoms with Crippen LogP contribution < -0.4 is 5.32 Å². The number of para-hydroxylation sites is 1. The van der Waals surface area contributed by atoms with Crippen molar-refractivity contribution in [1.29, 1.82) is 0 Å². The number of carbonyl (C=O) groups is 2. The molecule has 172 valence electrons. The molecule has 0 unspecified atom stereocenters. The first-order valence-corrected chi connectivity index (χ1v) is 11.7. The average Bonchev–Trinajstić information content (AvgIpc) is 3.33. The highest BCUT2D eigenvalue weighted by Gasteiger charge is 2.17. The summed E-state index contributed by atoms with van der Waals surface area (Å²) >= 11 is 7.64. The zero-order chi connectivity index (χ0) is 24.1. The smallest absolute Gasteiger partial charge is 0.256 e. The van der Waals surface area contributed by atoms with Crippen molar-refractivity contribution in [2.45, 2.75) is 10.6 Å². The maximum absolute atomic E-state index is 13.1. The molecule has 0 spiro atoms. The van der Waals surface area contributed by atoms with Gasteiger partial charge in [0, 0.05) is 24.7 Å². The van der Waals surface area contributed by atoms with Crippen LogP contribution in [0.25, 0.3) is 5.69 Å². The molecule has 10 heteroatoms. The normalized spacial score (nSPS) is 10.7. The van der Waals surface area contributed by atoms with Gasteiger partial charge in [-0.3, -0.25) is 9.59 Å². The monoisotopic (exact) mass is 492 g/mol. The fourth-order valence-corrected chi connectivity index (χ4v) is 4.35. The second kappa shape index (κ2) is 10.5. The van der Waals surface area contributed by atoms with Gasteiger partial charge in [-0.05, 0) is 52.9 Å². The number of aromatic nitrogens is 4. The molecule has 0 aliphatic rings. The van der Waals surface area contributed by atoms with Crippen LogP contribution in [0.15, 0.2) is 77.7 Å². The van der Waals surface area contributed by atoms with Crippen molar-refractivity contribution in [3.63, 3.8) is 0 Å². The summed E-state index contributed by atoms with van der Waals surface area (Å²) in [6.07, 6.45) is 0. The number of nitrogens with zero attached hydrogens (tertiary/aromatic N) is 5. The van der Waals surface area contributed by atoms with E-state index in [1.165, 1.54) is 16.7 Å². The molecule has 1 heterocycles. The van der Waals surface area contributed by atoms with Crippen LogP contribution in [-0.2, 0) is 5.75 Å². The van der Waals surface area contributed by atoms with Crippen molar-refractivity contribution >= 4 is 40.9 Å². The summed E-state index contributed by atoms with van der Waals surface area (Å²) in [5, 5.41) is 15.2. The summed E-state index contributed by atoms with van der Waals surface area (Å²) in [6.45, 7) is 0. The minimum Gasteiger partial charge on any atom is -0.345 e. The van der Waals surface area contributed by atoms with Crippen LogP contribution in [0.3, 0.4) is 0 Å². The fourth-order valence-electron chi connectivity index (χ4n) is 3.19. The topological polar surface area (TPSA) is 93.0 Å². The standard InChI is InChI=1S/C24H21ClN6O2S/c1-30(2)24(33)19-14-16(12-13-20(19)25)26-23(32)18-10-6-7-11-21(18)34-15-22-27-28-29-31(22)17-8-4-3-5-9-17/h3-14H,15H2,1-2H3,(H,26,32). The quantitative estimate of drug-likeness (QED) is 0.380. The predicted octanol–water partition coefficient (Wildman–Crippen LogP) is 4.56. The van der Waals surface area contributed by atoms with Gasteiger partial charge in [-0.25, -0.2) is 0 Å². The molecule has 0 radical (unpaired) electrons. The summed E-state index contributed by atoms with van der Waals surface area (Å²) in [5.41, 5.74) is 2.16. The SMILES string of the molecule is CN(C)C(=O)c1cc(NC(=O)c2ccccc2SCc2nnnn2-c2ccccc2)ccc1Cl. The van der Waals surface area contributed by atoms with E-state index in [1.54, 1.807) is 49.1 Å². The highest BCUT2D eigenvalue weighted by atomic mass is 35.5. The fraction of sp³-hybridized carbons (Fsp3) is 0.125. The molecule has 0 aliphatic carbocycles. The minimum atomic E-state index is -0.295. The molecule has 4 aromatic rings. The first-order valence-electron chi connectivity index (χ1n) is 10.3. The highest BCUT2D eigenvalue weighted by Crippen LogP contribution is 2.28. The Bertz CT molecular complexity index is 1330. The average molecular weight is 493 g/mol. The van der Waals surface area contributed by atoms with Crippen molar-refractivity contribution in [2.24, 2.45) is 0 Å². The van der Waals surface area contributed by atoms with E-state index in [0.717, 1.165) is 10.6 Å².